The van der Waals surface area contributed by atoms with Crippen LogP contribution in [0.25, 0.3) is 152 Å². The Morgan fingerprint density at radius 1 is 0.306 bits per heavy atom. The number of nitrogens with zero attached hydrogens (tertiary/aromatic N) is 4. The molecule has 0 unspecified atom stereocenters. The molecule has 36 heteroatoms. The van der Waals surface area contributed by atoms with Crippen LogP contribution in [0.5, 0.6) is 46.0 Å². The highest BCUT2D eigenvalue weighted by Crippen LogP contribution is 2.56. The number of nitrogen functional groups attached to an aromatic ring is 4. The van der Waals surface area contributed by atoms with Crippen LogP contribution in [0, 0.1) is 13.8 Å². The number of rotatable bonds is 11. The molecule has 134 heavy (non-hydrogen) atoms. The number of fused-ring (bicyclic) bond motifs is 12. The minimum Gasteiger partial charge on any atom is -0.457 e. The molecule has 18 aromatic carbocycles. The lowest BCUT2D eigenvalue weighted by Crippen LogP contribution is -2.21. The van der Waals surface area contributed by atoms with Crippen molar-refractivity contribution in [1.82, 2.24) is 18.8 Å². The van der Waals surface area contributed by atoms with Crippen molar-refractivity contribution in [3.8, 4) is 57.1 Å². The van der Waals surface area contributed by atoms with Crippen LogP contribution >= 0.6 is 0 Å². The lowest BCUT2D eigenvalue weighted by molar-refractivity contribution is 0.0373. The van der Waals surface area contributed by atoms with Gasteiger partial charge in [-0.3, -0.25) is 27.5 Å². The van der Waals surface area contributed by atoms with Gasteiger partial charge in [0, 0.05) is 86.2 Å². The van der Waals surface area contributed by atoms with Crippen molar-refractivity contribution in [1.29, 1.82) is 0 Å². The smallest absolute Gasteiger partial charge is 0.425 e. The van der Waals surface area contributed by atoms with Gasteiger partial charge in [0.1, 0.15) is 57.3 Å². The van der Waals surface area contributed by atoms with E-state index in [9.17, 15) is 54.7 Å². The lowest BCUT2D eigenvalue weighted by Gasteiger charge is -2.25. The summed E-state index contributed by atoms with van der Waals surface area (Å²) in [6, 6.07) is 72.3. The van der Waals surface area contributed by atoms with E-state index in [0.29, 0.717) is 160 Å². The first kappa shape index (κ1) is 84.7. The molecule has 4 aromatic heterocycles. The number of nitrogens with two attached hydrogens (primary N) is 4. The summed E-state index contributed by atoms with van der Waals surface area (Å²) in [5.74, 6) is -0.559. The Morgan fingerprint density at radius 2 is 0.642 bits per heavy atom. The standard InChI is InChI=1S/C50H28N4O7S.C36H16O11S.C12H14N4.2O3S/c1-24-9-19-37-36(20-24)52-48-34-23-39(60-26-6-4-3-5-7-26)43-29-15-17-32-42-33(47-51-35-18-8-25(2)21-38(35)54(47)50(32)56)22-40(61-27-10-12-28(13-11-27)62(57,58)59)44(46(29)42)30-14-16-31(41(34)45(30)43)49(55)53(37)48;37-33-21-13-11-20-30-26(45-17-6-8-18(9-7-17)48(41,42)43)15-24-28-22(34(38)47-36(24)40)12-10-19(32(28)30)29-25(44-16-4-2-1-3-5-16)14-23(35(39)46-33)27(21)31(20)29;13-9-3-1-7(5-11(9)15)8-2-4-10(14)12(16)6-8;2*1-4(2)3/h3-23H,1-2H3,(H,57,58,59);1-15H,(H,41,42,43);1-6H,13-16H2;;. The molecule has 0 amide bonds. The van der Waals surface area contributed by atoms with Crippen LogP contribution in [0.4, 0.5) is 22.7 Å². The fraction of sp³-hybridized carbons (Fsp3) is 0.0204. The van der Waals surface area contributed by atoms with Gasteiger partial charge in [-0.25, -0.2) is 29.1 Å². The summed E-state index contributed by atoms with van der Waals surface area (Å²) in [7, 11) is -15.2. The minimum atomic E-state index is -4.48. The number of carbonyl (C=O) groups excluding carboxylic acids is 4. The summed E-state index contributed by atoms with van der Waals surface area (Å²) in [5, 5.41) is 11.7. The highest BCUT2D eigenvalue weighted by molar-refractivity contribution is 7.86. The van der Waals surface area contributed by atoms with Gasteiger partial charge in [-0.05, 0) is 228 Å². The van der Waals surface area contributed by atoms with Gasteiger partial charge in [0.15, 0.2) is 0 Å². The number of ether oxygens (including phenoxy) is 6. The van der Waals surface area contributed by atoms with Crippen molar-refractivity contribution in [3.05, 3.63) is 309 Å². The van der Waals surface area contributed by atoms with E-state index in [1.807, 2.05) is 147 Å². The monoisotopic (exact) mass is 1860 g/mol. The number of anilines is 4. The van der Waals surface area contributed by atoms with Gasteiger partial charge >= 0.3 is 45.1 Å². The van der Waals surface area contributed by atoms with E-state index in [1.165, 1.54) is 54.6 Å². The molecule has 32 nitrogen and oxygen atoms in total. The first-order valence-corrected chi connectivity index (χ1v) is 45.0. The summed E-state index contributed by atoms with van der Waals surface area (Å²) in [6.45, 7) is 3.96. The fourth-order valence-electron chi connectivity index (χ4n) is 17.9. The summed E-state index contributed by atoms with van der Waals surface area (Å²) >= 11 is 0. The number of imidazole rings is 2. The van der Waals surface area contributed by atoms with E-state index in [-0.39, 0.29) is 60.4 Å². The maximum Gasteiger partial charge on any atom is 0.425 e. The molecule has 0 radical (unpaired) electrons. The molecule has 0 spiro atoms. The van der Waals surface area contributed by atoms with E-state index in [1.54, 1.807) is 63.4 Å². The first-order valence-electron chi connectivity index (χ1n) is 40.1. The topological polar surface area (TPSA) is 508 Å². The van der Waals surface area contributed by atoms with Crippen molar-refractivity contribution >= 4 is 229 Å². The zero-order valence-electron chi connectivity index (χ0n) is 68.9. The second kappa shape index (κ2) is 31.8. The van der Waals surface area contributed by atoms with Crippen molar-refractivity contribution in [3.63, 3.8) is 0 Å². The third-order valence-corrected chi connectivity index (χ3v) is 25.2. The van der Waals surface area contributed by atoms with Crippen LogP contribution in [0.1, 0.15) is 52.6 Å². The third-order valence-electron chi connectivity index (χ3n) is 23.4. The molecular weight excluding hydrogens is 1800 g/mol. The van der Waals surface area contributed by atoms with E-state index < -0.39 is 65.3 Å². The third kappa shape index (κ3) is 14.2. The van der Waals surface area contributed by atoms with Gasteiger partial charge in [0.2, 0.25) is 0 Å². The van der Waals surface area contributed by atoms with Crippen LogP contribution in [0.15, 0.2) is 274 Å². The normalized spacial score (nSPS) is 12.5. The Morgan fingerprint density at radius 3 is 1.04 bits per heavy atom. The highest BCUT2D eigenvalue weighted by Gasteiger charge is 2.37. The van der Waals surface area contributed by atoms with Crippen LogP contribution < -0.4 is 53.0 Å². The Labute approximate surface area is 754 Å². The maximum atomic E-state index is 14.8. The van der Waals surface area contributed by atoms with Crippen molar-refractivity contribution in [2.45, 2.75) is 23.6 Å². The minimum absolute atomic E-state index is 0.0492. The molecule has 0 fully saturated rings. The Hall–Kier alpha value is -17.4. The van der Waals surface area contributed by atoms with Gasteiger partial charge in [0.25, 0.3) is 31.4 Å². The molecule has 2 aliphatic rings. The number of hydrogen-bond acceptors (Lipinski definition) is 28. The molecule has 6 heterocycles. The predicted octanol–water partition coefficient (Wildman–Crippen LogP) is 17.6. The Bertz CT molecular complexity index is 9530. The quantitative estimate of drug-likeness (QED) is 0.0175. The zero-order valence-corrected chi connectivity index (χ0v) is 72.1. The van der Waals surface area contributed by atoms with Crippen molar-refractivity contribution in [2.24, 2.45) is 0 Å². The lowest BCUT2D eigenvalue weighted by atomic mass is 9.82. The zero-order chi connectivity index (χ0) is 93.8. The van der Waals surface area contributed by atoms with E-state index in [2.05, 4.69) is 0 Å². The second-order valence-electron chi connectivity index (χ2n) is 31.3. The number of aryl methyl sites for hydroxylation is 2. The molecule has 10 N–H and O–H groups in total. The molecule has 0 saturated heterocycles. The number of cyclic esters (lactones) is 4. The molecule has 22 aromatic rings. The molecule has 0 bridgehead atoms. The molecule has 2 aliphatic heterocycles. The molecule has 0 aliphatic carbocycles. The molecular formula is C98H58N8O24S4. The Kier molecular flexibility index (Phi) is 20.1. The Balaban J connectivity index is 0.000000136. The van der Waals surface area contributed by atoms with E-state index in [4.69, 9.17) is 86.6 Å². The number of hydrogen-bond donors (Lipinski definition) is 6. The van der Waals surface area contributed by atoms with Gasteiger partial charge in [-0.2, -0.15) is 16.8 Å². The van der Waals surface area contributed by atoms with Crippen LogP contribution in [-0.4, -0.2) is 93.8 Å². The van der Waals surface area contributed by atoms with Crippen LogP contribution in [0.2, 0.25) is 0 Å². The second-order valence-corrected chi connectivity index (χ2v) is 35.0. The first-order chi connectivity index (χ1) is 64.1. The number of para-hydroxylation sites is 2. The number of carbonyl (C=O) groups is 4. The average molecular weight is 1860 g/mol. The van der Waals surface area contributed by atoms with Crippen molar-refractivity contribution < 1.29 is 98.8 Å². The number of aromatic nitrogens is 4. The predicted molar refractivity (Wildman–Crippen MR) is 501 cm³/mol. The van der Waals surface area contributed by atoms with Gasteiger partial charge in [0.05, 0.1) is 76.9 Å². The highest BCUT2D eigenvalue weighted by atomic mass is 32.2. The summed E-state index contributed by atoms with van der Waals surface area (Å²) in [5.41, 5.74) is 32.7. The van der Waals surface area contributed by atoms with E-state index in [0.717, 1.165) is 66.7 Å². The van der Waals surface area contributed by atoms with Crippen LogP contribution in [0.3, 0.4) is 0 Å². The van der Waals surface area contributed by atoms with Gasteiger partial charge in [-0.15, -0.1) is 25.3 Å². The number of benzene rings is 18. The molecule has 658 valence electrons. The maximum absolute atomic E-state index is 14.8. The number of pyridine rings is 2. The van der Waals surface area contributed by atoms with Gasteiger partial charge in [-0.1, -0.05) is 84.9 Å². The van der Waals surface area contributed by atoms with E-state index >= 15 is 0 Å². The summed E-state index contributed by atoms with van der Waals surface area (Å²) in [6.07, 6.45) is 0. The summed E-state index contributed by atoms with van der Waals surface area (Å²) < 4.78 is 157. The average Bonchev–Trinajstić information content (AvgIpc) is 1.19. The molecule has 0 atom stereocenters. The number of esters is 4. The molecule has 24 rings (SSSR count). The molecule has 0 saturated carbocycles. The summed E-state index contributed by atoms with van der Waals surface area (Å²) in [4.78, 5) is 91.4. The SMILES string of the molecule is Cc1ccc2c(c1)nc1c3cc(Oc4ccccc4)c4c5ccc6c(=O)n7c8cc(C)ccc8nc7c7cc(Oc8ccc(S(=O)(=O)O)cc8)c(c8ccc(c(=O)n21)c3c84)c5c67.Nc1ccc(-c2ccc(N)c(N)c2)cc1N.O=C1OC(=O)c2cc(Oc3ccccc3)c3c4ccc5c6c(cc(Oc7ccc(S(=O)(=O)O)cc7)c(c7ccc1c2c73)c64)C(=O)OC5=O.O=S(=O)=O.O=S(=O)=O. The van der Waals surface area contributed by atoms with Crippen molar-refractivity contribution in [2.75, 3.05) is 22.9 Å². The van der Waals surface area contributed by atoms with Gasteiger partial charge < -0.3 is 51.4 Å². The van der Waals surface area contributed by atoms with Crippen LogP contribution in [-0.2, 0) is 50.9 Å². The largest absolute Gasteiger partial charge is 0.457 e. The fourth-order valence-corrected chi connectivity index (χ4v) is 18.8.